The third-order valence-electron chi connectivity index (χ3n) is 4.69. The number of hydrogen-bond acceptors (Lipinski definition) is 3. The zero-order valence-electron chi connectivity index (χ0n) is 13.6. The molecule has 0 aromatic heterocycles. The van der Waals surface area contributed by atoms with Crippen molar-refractivity contribution in [2.24, 2.45) is 0 Å². The highest BCUT2D eigenvalue weighted by Crippen LogP contribution is 2.22. The summed E-state index contributed by atoms with van der Waals surface area (Å²) in [7, 11) is 0. The summed E-state index contributed by atoms with van der Waals surface area (Å²) >= 11 is 6.03. The van der Waals surface area contributed by atoms with Gasteiger partial charge in [0.2, 0.25) is 0 Å². The van der Waals surface area contributed by atoms with Crippen LogP contribution in [0.2, 0.25) is 5.02 Å². The van der Waals surface area contributed by atoms with Gasteiger partial charge in [-0.05, 0) is 36.6 Å². The van der Waals surface area contributed by atoms with E-state index >= 15 is 0 Å². The molecule has 2 amide bonds. The van der Waals surface area contributed by atoms with Crippen LogP contribution in [-0.2, 0) is 17.7 Å². The fourth-order valence-corrected chi connectivity index (χ4v) is 3.38. The molecule has 1 N–H and O–H groups in total. The molecule has 1 fully saturated rings. The number of fused-ring (bicyclic) bond motifs is 1. The van der Waals surface area contributed by atoms with Crippen LogP contribution in [0, 0.1) is 0 Å². The Morgan fingerprint density at radius 3 is 2.87 bits per heavy atom. The summed E-state index contributed by atoms with van der Waals surface area (Å²) in [5.41, 5.74) is 2.44. The molecule has 0 bridgehead atoms. The SMILES string of the molecule is CC(CNC(=O)N1CCc2cc(Cl)ccc2C1)N1CCOCC1. The van der Waals surface area contributed by atoms with Crippen molar-refractivity contribution in [2.75, 3.05) is 39.4 Å². The minimum atomic E-state index is 0.0192. The van der Waals surface area contributed by atoms with Gasteiger partial charge in [0.05, 0.1) is 13.2 Å². The van der Waals surface area contributed by atoms with Crippen molar-refractivity contribution < 1.29 is 9.53 Å². The number of carbonyl (C=O) groups is 1. The van der Waals surface area contributed by atoms with Gasteiger partial charge in [-0.3, -0.25) is 4.90 Å². The second-order valence-electron chi connectivity index (χ2n) is 6.27. The number of amides is 2. The molecule has 0 saturated carbocycles. The topological polar surface area (TPSA) is 44.8 Å². The average molecular weight is 338 g/mol. The third kappa shape index (κ3) is 4.16. The molecule has 1 saturated heterocycles. The number of nitrogens with one attached hydrogen (secondary N) is 1. The predicted molar refractivity (Wildman–Crippen MR) is 90.8 cm³/mol. The molecule has 0 aliphatic carbocycles. The highest BCUT2D eigenvalue weighted by atomic mass is 35.5. The van der Waals surface area contributed by atoms with E-state index in [0.29, 0.717) is 19.1 Å². The number of rotatable bonds is 3. The minimum Gasteiger partial charge on any atom is -0.379 e. The fraction of sp³-hybridized carbons (Fsp3) is 0.588. The van der Waals surface area contributed by atoms with Crippen molar-refractivity contribution in [2.45, 2.75) is 25.9 Å². The van der Waals surface area contributed by atoms with Crippen molar-refractivity contribution >= 4 is 17.6 Å². The summed E-state index contributed by atoms with van der Waals surface area (Å²) in [4.78, 5) is 16.6. The normalized spacial score (nSPS) is 20.0. The molecule has 0 radical (unpaired) electrons. The first-order valence-corrected chi connectivity index (χ1v) is 8.63. The van der Waals surface area contributed by atoms with Gasteiger partial charge in [-0.25, -0.2) is 4.79 Å². The number of benzene rings is 1. The number of nitrogens with zero attached hydrogens (tertiary/aromatic N) is 2. The largest absolute Gasteiger partial charge is 0.379 e. The van der Waals surface area contributed by atoms with Crippen LogP contribution in [0.25, 0.3) is 0 Å². The highest BCUT2D eigenvalue weighted by Gasteiger charge is 2.22. The number of hydrogen-bond donors (Lipinski definition) is 1. The van der Waals surface area contributed by atoms with Gasteiger partial charge in [0.1, 0.15) is 0 Å². The molecule has 1 unspecified atom stereocenters. The van der Waals surface area contributed by atoms with E-state index in [0.717, 1.165) is 44.3 Å². The van der Waals surface area contributed by atoms with Crippen LogP contribution >= 0.6 is 11.6 Å². The molecule has 2 heterocycles. The smallest absolute Gasteiger partial charge is 0.317 e. The van der Waals surface area contributed by atoms with Crippen molar-refractivity contribution in [3.63, 3.8) is 0 Å². The molecule has 126 valence electrons. The van der Waals surface area contributed by atoms with Crippen LogP contribution in [0.15, 0.2) is 18.2 Å². The summed E-state index contributed by atoms with van der Waals surface area (Å²) in [5, 5.41) is 3.83. The fourth-order valence-electron chi connectivity index (χ4n) is 3.19. The highest BCUT2D eigenvalue weighted by molar-refractivity contribution is 6.30. The Kier molecular flexibility index (Phi) is 5.41. The van der Waals surface area contributed by atoms with Crippen LogP contribution in [0.5, 0.6) is 0 Å². The molecule has 6 heteroatoms. The molecule has 3 rings (SSSR count). The number of ether oxygens (including phenoxy) is 1. The van der Waals surface area contributed by atoms with Gasteiger partial charge in [0.25, 0.3) is 0 Å². The predicted octanol–water partition coefficient (Wildman–Crippen LogP) is 2.13. The summed E-state index contributed by atoms with van der Waals surface area (Å²) in [6, 6.07) is 6.27. The molecule has 5 nitrogen and oxygen atoms in total. The molecule has 1 aromatic carbocycles. The van der Waals surface area contributed by atoms with Gasteiger partial charge < -0.3 is 15.0 Å². The van der Waals surface area contributed by atoms with Gasteiger partial charge in [0.15, 0.2) is 0 Å². The summed E-state index contributed by atoms with van der Waals surface area (Å²) in [6.07, 6.45) is 0.863. The molecular weight excluding hydrogens is 314 g/mol. The first kappa shape index (κ1) is 16.6. The maximum Gasteiger partial charge on any atom is 0.317 e. The van der Waals surface area contributed by atoms with E-state index in [1.165, 1.54) is 11.1 Å². The van der Waals surface area contributed by atoms with Crippen molar-refractivity contribution in [3.8, 4) is 0 Å². The van der Waals surface area contributed by atoms with Gasteiger partial charge in [0, 0.05) is 43.8 Å². The lowest BCUT2D eigenvalue weighted by atomic mass is 10.0. The van der Waals surface area contributed by atoms with Crippen molar-refractivity contribution in [3.05, 3.63) is 34.3 Å². The van der Waals surface area contributed by atoms with Crippen LogP contribution in [0.1, 0.15) is 18.1 Å². The number of halogens is 1. The van der Waals surface area contributed by atoms with E-state index in [2.05, 4.69) is 17.1 Å². The Morgan fingerprint density at radius 1 is 1.30 bits per heavy atom. The second kappa shape index (κ2) is 7.51. The molecule has 0 spiro atoms. The van der Waals surface area contributed by atoms with E-state index in [-0.39, 0.29) is 6.03 Å². The molecular formula is C17H24ClN3O2. The van der Waals surface area contributed by atoms with Gasteiger partial charge in [-0.15, -0.1) is 0 Å². The Hall–Kier alpha value is -1.30. The van der Waals surface area contributed by atoms with Crippen LogP contribution in [0.4, 0.5) is 4.79 Å². The first-order valence-electron chi connectivity index (χ1n) is 8.25. The standard InChI is InChI=1S/C17H24ClN3O2/c1-13(20-6-8-23-9-7-20)11-19-17(22)21-5-4-14-10-16(18)3-2-15(14)12-21/h2-3,10,13H,4-9,11-12H2,1H3,(H,19,22). The number of carbonyl (C=O) groups excluding carboxylic acids is 1. The van der Waals surface area contributed by atoms with Gasteiger partial charge in [-0.1, -0.05) is 17.7 Å². The lowest BCUT2D eigenvalue weighted by Crippen LogP contribution is -2.50. The Morgan fingerprint density at radius 2 is 2.09 bits per heavy atom. The zero-order valence-corrected chi connectivity index (χ0v) is 14.3. The van der Waals surface area contributed by atoms with Gasteiger partial charge in [-0.2, -0.15) is 0 Å². The third-order valence-corrected chi connectivity index (χ3v) is 4.92. The lowest BCUT2D eigenvalue weighted by Gasteiger charge is -2.33. The molecule has 2 aliphatic heterocycles. The lowest BCUT2D eigenvalue weighted by molar-refractivity contribution is 0.0206. The van der Waals surface area contributed by atoms with E-state index in [1.807, 2.05) is 23.1 Å². The second-order valence-corrected chi connectivity index (χ2v) is 6.70. The van der Waals surface area contributed by atoms with Crippen molar-refractivity contribution in [1.82, 2.24) is 15.1 Å². The summed E-state index contributed by atoms with van der Waals surface area (Å²) in [6.45, 7) is 7.66. The van der Waals surface area contributed by atoms with E-state index in [1.54, 1.807) is 0 Å². The quantitative estimate of drug-likeness (QED) is 0.919. The maximum atomic E-state index is 12.4. The summed E-state index contributed by atoms with van der Waals surface area (Å²) in [5.74, 6) is 0. The van der Waals surface area contributed by atoms with Crippen molar-refractivity contribution in [1.29, 1.82) is 0 Å². The molecule has 23 heavy (non-hydrogen) atoms. The number of urea groups is 1. The number of morpholine rings is 1. The van der Waals surface area contributed by atoms with Crippen LogP contribution < -0.4 is 5.32 Å². The molecule has 1 aromatic rings. The zero-order chi connectivity index (χ0) is 16.2. The molecule has 2 aliphatic rings. The Labute approximate surface area is 142 Å². The Bertz CT molecular complexity index is 561. The molecule has 1 atom stereocenters. The minimum absolute atomic E-state index is 0.0192. The van der Waals surface area contributed by atoms with Gasteiger partial charge >= 0.3 is 6.03 Å². The van der Waals surface area contributed by atoms with E-state index in [4.69, 9.17) is 16.3 Å². The summed E-state index contributed by atoms with van der Waals surface area (Å²) < 4.78 is 5.37. The maximum absolute atomic E-state index is 12.4. The van der Waals surface area contributed by atoms with E-state index < -0.39 is 0 Å². The van der Waals surface area contributed by atoms with E-state index in [9.17, 15) is 4.79 Å². The van der Waals surface area contributed by atoms with Crippen LogP contribution in [0.3, 0.4) is 0 Å². The monoisotopic (exact) mass is 337 g/mol. The average Bonchev–Trinajstić information content (AvgIpc) is 2.59. The first-order chi connectivity index (χ1) is 11.1. The Balaban J connectivity index is 1.50. The van der Waals surface area contributed by atoms with Crippen LogP contribution in [-0.4, -0.2) is 61.3 Å².